The summed E-state index contributed by atoms with van der Waals surface area (Å²) in [6.07, 6.45) is 11.7. The van der Waals surface area contributed by atoms with Crippen LogP contribution in [-0.4, -0.2) is 4.43 Å². The third-order valence-corrected chi connectivity index (χ3v) is 7.39. The number of benzene rings is 1. The summed E-state index contributed by atoms with van der Waals surface area (Å²) in [5.74, 6) is 3.86. The maximum Gasteiger partial charge on any atom is 0.0406 e. The molecule has 0 radical (unpaired) electrons. The molecule has 1 aromatic carbocycles. The highest BCUT2D eigenvalue weighted by Gasteiger charge is 2.30. The monoisotopic (exact) mass is 416 g/mol. The average molecular weight is 417 g/mol. The molecule has 0 atom stereocenters. The van der Waals surface area contributed by atoms with Crippen molar-refractivity contribution < 1.29 is 0 Å². The van der Waals surface area contributed by atoms with Gasteiger partial charge in [-0.25, -0.2) is 0 Å². The highest BCUT2D eigenvalue weighted by molar-refractivity contribution is 14.1. The number of halogens is 2. The Morgan fingerprint density at radius 3 is 1.86 bits per heavy atom. The Kier molecular flexibility index (Phi) is 5.89. The van der Waals surface area contributed by atoms with E-state index in [0.29, 0.717) is 0 Å². The first-order valence-corrected chi connectivity index (χ1v) is 10.5. The number of alkyl halides is 1. The fraction of sp³-hybridized carbons (Fsp3) is 0.684. The van der Waals surface area contributed by atoms with Crippen molar-refractivity contribution in [1.29, 1.82) is 0 Å². The van der Waals surface area contributed by atoms with E-state index in [1.165, 1.54) is 61.4 Å². The predicted octanol–water partition coefficient (Wildman–Crippen LogP) is 6.86. The van der Waals surface area contributed by atoms with Crippen LogP contribution in [0.5, 0.6) is 0 Å². The van der Waals surface area contributed by atoms with Crippen LogP contribution >= 0.6 is 34.2 Å². The van der Waals surface area contributed by atoms with Crippen molar-refractivity contribution in [1.82, 2.24) is 0 Å². The Hall–Kier alpha value is 0.240. The standard InChI is InChI=1S/C19H26ClI/c20-19-11-9-18(10-12-19)17-7-5-16(6-8-17)15-3-1-14(13-21)2-4-15/h9-12,14-17H,1-8,13H2. The van der Waals surface area contributed by atoms with Gasteiger partial charge in [-0.15, -0.1) is 0 Å². The Bertz CT molecular complexity index is 425. The van der Waals surface area contributed by atoms with Crippen molar-refractivity contribution in [3.63, 3.8) is 0 Å². The van der Waals surface area contributed by atoms with Gasteiger partial charge in [0, 0.05) is 9.45 Å². The summed E-state index contributed by atoms with van der Waals surface area (Å²) in [7, 11) is 0. The fourth-order valence-electron chi connectivity index (χ4n) is 4.47. The van der Waals surface area contributed by atoms with Crippen LogP contribution in [0.1, 0.15) is 62.8 Å². The van der Waals surface area contributed by atoms with E-state index in [1.807, 2.05) is 12.1 Å². The summed E-state index contributed by atoms with van der Waals surface area (Å²) >= 11 is 8.57. The summed E-state index contributed by atoms with van der Waals surface area (Å²) in [6.45, 7) is 0. The largest absolute Gasteiger partial charge is 0.0861 e. The molecule has 0 aliphatic heterocycles. The highest BCUT2D eigenvalue weighted by atomic mass is 127. The molecule has 2 aliphatic carbocycles. The van der Waals surface area contributed by atoms with Gasteiger partial charge in [-0.3, -0.25) is 0 Å². The van der Waals surface area contributed by atoms with E-state index in [0.717, 1.165) is 28.7 Å². The van der Waals surface area contributed by atoms with Crippen molar-refractivity contribution >= 4 is 34.2 Å². The number of hydrogen-bond acceptors (Lipinski definition) is 0. The van der Waals surface area contributed by atoms with Crippen LogP contribution in [0.4, 0.5) is 0 Å². The van der Waals surface area contributed by atoms with Crippen molar-refractivity contribution in [2.75, 3.05) is 4.43 Å². The second-order valence-corrected chi connectivity index (χ2v) is 8.42. The molecule has 0 nitrogen and oxygen atoms in total. The molecule has 2 saturated carbocycles. The van der Waals surface area contributed by atoms with Gasteiger partial charge in [0.25, 0.3) is 0 Å². The van der Waals surface area contributed by atoms with Crippen molar-refractivity contribution in [3.05, 3.63) is 34.9 Å². The molecule has 0 heterocycles. The summed E-state index contributed by atoms with van der Waals surface area (Å²) in [5.41, 5.74) is 1.51. The average Bonchev–Trinajstić information content (AvgIpc) is 2.56. The second-order valence-electron chi connectivity index (χ2n) is 7.10. The maximum absolute atomic E-state index is 6.00. The van der Waals surface area contributed by atoms with Crippen LogP contribution in [0.3, 0.4) is 0 Å². The topological polar surface area (TPSA) is 0 Å². The third-order valence-electron chi connectivity index (χ3n) is 5.89. The lowest BCUT2D eigenvalue weighted by molar-refractivity contribution is 0.167. The highest BCUT2D eigenvalue weighted by Crippen LogP contribution is 2.44. The van der Waals surface area contributed by atoms with Crippen LogP contribution in [0.25, 0.3) is 0 Å². The molecule has 0 bridgehead atoms. The lowest BCUT2D eigenvalue weighted by Gasteiger charge is -2.37. The first kappa shape index (κ1) is 16.1. The van der Waals surface area contributed by atoms with Crippen LogP contribution in [0, 0.1) is 17.8 Å². The fourth-order valence-corrected chi connectivity index (χ4v) is 5.48. The minimum absolute atomic E-state index is 0.782. The van der Waals surface area contributed by atoms with Crippen LogP contribution < -0.4 is 0 Å². The lowest BCUT2D eigenvalue weighted by Crippen LogP contribution is -2.25. The third kappa shape index (κ3) is 4.16. The number of rotatable bonds is 3. The molecule has 0 N–H and O–H groups in total. The molecular weight excluding hydrogens is 391 g/mol. The smallest absolute Gasteiger partial charge is 0.0406 e. The van der Waals surface area contributed by atoms with E-state index in [1.54, 1.807) is 0 Å². The van der Waals surface area contributed by atoms with Crippen molar-refractivity contribution in [2.24, 2.45) is 17.8 Å². The second kappa shape index (κ2) is 7.68. The Morgan fingerprint density at radius 1 is 0.810 bits per heavy atom. The van der Waals surface area contributed by atoms with Crippen molar-refractivity contribution in [2.45, 2.75) is 57.3 Å². The quantitative estimate of drug-likeness (QED) is 0.373. The minimum Gasteiger partial charge on any atom is -0.0861 e. The van der Waals surface area contributed by atoms with E-state index in [4.69, 9.17) is 11.6 Å². The minimum atomic E-state index is 0.782. The van der Waals surface area contributed by atoms with Gasteiger partial charge in [0.15, 0.2) is 0 Å². The van der Waals surface area contributed by atoms with Gasteiger partial charge < -0.3 is 0 Å². The van der Waals surface area contributed by atoms with E-state index in [-0.39, 0.29) is 0 Å². The molecule has 0 spiro atoms. The molecular formula is C19H26ClI. The van der Waals surface area contributed by atoms with Gasteiger partial charge in [0.2, 0.25) is 0 Å². The SMILES string of the molecule is Clc1ccc(C2CCC(C3CCC(CI)CC3)CC2)cc1. The zero-order valence-corrected chi connectivity index (χ0v) is 15.7. The molecule has 2 fully saturated rings. The molecule has 1 aromatic rings. The predicted molar refractivity (Wildman–Crippen MR) is 100 cm³/mol. The maximum atomic E-state index is 6.00. The van der Waals surface area contributed by atoms with E-state index < -0.39 is 0 Å². The first-order chi connectivity index (χ1) is 10.3. The Morgan fingerprint density at radius 2 is 1.33 bits per heavy atom. The van der Waals surface area contributed by atoms with Crippen molar-refractivity contribution in [3.8, 4) is 0 Å². The first-order valence-electron chi connectivity index (χ1n) is 8.57. The normalized spacial score (nSPS) is 33.8. The van der Waals surface area contributed by atoms with E-state index in [9.17, 15) is 0 Å². The summed E-state index contributed by atoms with van der Waals surface area (Å²) < 4.78 is 1.37. The summed E-state index contributed by atoms with van der Waals surface area (Å²) in [5, 5.41) is 0.861. The molecule has 0 amide bonds. The number of hydrogen-bond donors (Lipinski definition) is 0. The summed E-state index contributed by atoms with van der Waals surface area (Å²) in [4.78, 5) is 0. The zero-order chi connectivity index (χ0) is 14.7. The molecule has 0 aromatic heterocycles. The van der Waals surface area contributed by atoms with Gasteiger partial charge in [-0.1, -0.05) is 46.3 Å². The molecule has 2 aliphatic rings. The Balaban J connectivity index is 1.50. The van der Waals surface area contributed by atoms with Crippen LogP contribution in [0.15, 0.2) is 24.3 Å². The molecule has 21 heavy (non-hydrogen) atoms. The summed E-state index contributed by atoms with van der Waals surface area (Å²) in [6, 6.07) is 8.57. The molecule has 3 rings (SSSR count). The van der Waals surface area contributed by atoms with Crippen LogP contribution in [0.2, 0.25) is 5.02 Å². The van der Waals surface area contributed by atoms with Gasteiger partial charge in [0.1, 0.15) is 0 Å². The lowest BCUT2D eigenvalue weighted by atomic mass is 9.68. The Labute approximate surface area is 148 Å². The molecule has 116 valence electrons. The van der Waals surface area contributed by atoms with E-state index in [2.05, 4.69) is 34.7 Å². The molecule has 0 saturated heterocycles. The van der Waals surface area contributed by atoms with E-state index >= 15 is 0 Å². The van der Waals surface area contributed by atoms with Gasteiger partial charge in [0.05, 0.1) is 0 Å². The zero-order valence-electron chi connectivity index (χ0n) is 12.7. The van der Waals surface area contributed by atoms with Gasteiger partial charge in [-0.05, 0) is 92.7 Å². The van der Waals surface area contributed by atoms with Crippen LogP contribution in [-0.2, 0) is 0 Å². The van der Waals surface area contributed by atoms with Gasteiger partial charge >= 0.3 is 0 Å². The molecule has 2 heteroatoms. The van der Waals surface area contributed by atoms with Gasteiger partial charge in [-0.2, -0.15) is 0 Å². The molecule has 0 unspecified atom stereocenters.